The third-order valence-corrected chi connectivity index (χ3v) is 3.44. The quantitative estimate of drug-likeness (QED) is 0.787. The number of hydrogen-bond donors (Lipinski definition) is 2. The van der Waals surface area contributed by atoms with Gasteiger partial charge in [-0.1, -0.05) is 42.5 Å². The maximum absolute atomic E-state index is 12.4. The fourth-order valence-corrected chi connectivity index (χ4v) is 2.25. The summed E-state index contributed by atoms with van der Waals surface area (Å²) in [5, 5.41) is 5.32. The predicted octanol–water partition coefficient (Wildman–Crippen LogP) is 4.43. The van der Waals surface area contributed by atoms with E-state index in [-0.39, 0.29) is 17.5 Å². The highest BCUT2D eigenvalue weighted by molar-refractivity contribution is 5.91. The highest BCUT2D eigenvalue weighted by Gasteiger charge is 2.13. The van der Waals surface area contributed by atoms with Crippen LogP contribution in [-0.4, -0.2) is 18.7 Å². The molecular weight excluding hydrogens is 314 g/mol. The van der Waals surface area contributed by atoms with Crippen LogP contribution in [0.2, 0.25) is 0 Å². The Morgan fingerprint density at radius 3 is 2.46 bits per heavy atom. The van der Waals surface area contributed by atoms with Crippen molar-refractivity contribution in [1.29, 1.82) is 0 Å². The van der Waals surface area contributed by atoms with Crippen molar-refractivity contribution in [3.63, 3.8) is 0 Å². The molecule has 0 saturated carbocycles. The monoisotopic (exact) mass is 334 g/mol. The van der Waals surface area contributed by atoms with Crippen molar-refractivity contribution in [2.45, 2.75) is 32.4 Å². The second-order valence-corrected chi connectivity index (χ2v) is 5.40. The largest absolute Gasteiger partial charge is 0.433 e. The number of carbonyl (C=O) groups is 1. The Bertz CT molecular complexity index is 650. The zero-order chi connectivity index (χ0) is 17.4. The van der Waals surface area contributed by atoms with E-state index in [4.69, 9.17) is 0 Å². The Kier molecular flexibility index (Phi) is 6.54. The Morgan fingerprint density at radius 2 is 1.75 bits per heavy atom. The van der Waals surface area contributed by atoms with Crippen LogP contribution in [0.3, 0.4) is 0 Å². The van der Waals surface area contributed by atoms with E-state index in [0.29, 0.717) is 0 Å². The smallest absolute Gasteiger partial charge is 0.387 e. The molecule has 0 bridgehead atoms. The van der Waals surface area contributed by atoms with Crippen LogP contribution in [0.15, 0.2) is 54.6 Å². The van der Waals surface area contributed by atoms with Crippen LogP contribution >= 0.6 is 0 Å². The Labute approximate surface area is 139 Å². The molecule has 6 heteroatoms. The number of hydrogen-bond acceptors (Lipinski definition) is 2. The molecule has 0 aliphatic heterocycles. The average Bonchev–Trinajstić information content (AvgIpc) is 2.55. The molecule has 0 heterocycles. The lowest BCUT2D eigenvalue weighted by Crippen LogP contribution is -2.36. The molecular formula is C18H20F2N2O2. The van der Waals surface area contributed by atoms with Crippen LogP contribution in [0.5, 0.6) is 5.75 Å². The van der Waals surface area contributed by atoms with Crippen LogP contribution in [0, 0.1) is 0 Å². The highest BCUT2D eigenvalue weighted by Crippen LogP contribution is 2.25. The summed E-state index contributed by atoms with van der Waals surface area (Å²) in [6, 6.07) is 15.5. The molecule has 24 heavy (non-hydrogen) atoms. The van der Waals surface area contributed by atoms with Gasteiger partial charge in [-0.2, -0.15) is 8.78 Å². The van der Waals surface area contributed by atoms with Gasteiger partial charge in [0, 0.05) is 6.04 Å². The summed E-state index contributed by atoms with van der Waals surface area (Å²) in [6.45, 7) is -1.05. The first-order valence-corrected chi connectivity index (χ1v) is 7.70. The van der Waals surface area contributed by atoms with E-state index < -0.39 is 12.6 Å². The van der Waals surface area contributed by atoms with E-state index in [1.54, 1.807) is 12.1 Å². The van der Waals surface area contributed by atoms with Crippen molar-refractivity contribution in [1.82, 2.24) is 5.32 Å². The number of anilines is 1. The average molecular weight is 334 g/mol. The van der Waals surface area contributed by atoms with E-state index in [1.807, 2.05) is 37.3 Å². The van der Waals surface area contributed by atoms with Crippen molar-refractivity contribution < 1.29 is 18.3 Å². The Morgan fingerprint density at radius 1 is 1.08 bits per heavy atom. The molecule has 1 atom stereocenters. The minimum absolute atomic E-state index is 0.0617. The molecule has 0 radical (unpaired) electrons. The molecule has 2 aromatic rings. The van der Waals surface area contributed by atoms with Gasteiger partial charge in [-0.25, -0.2) is 4.79 Å². The molecule has 0 aliphatic carbocycles. The maximum atomic E-state index is 12.4. The maximum Gasteiger partial charge on any atom is 0.387 e. The van der Waals surface area contributed by atoms with Gasteiger partial charge in [-0.3, -0.25) is 0 Å². The van der Waals surface area contributed by atoms with Gasteiger partial charge in [0.25, 0.3) is 0 Å². The van der Waals surface area contributed by atoms with E-state index in [2.05, 4.69) is 15.4 Å². The van der Waals surface area contributed by atoms with Gasteiger partial charge in [0.15, 0.2) is 0 Å². The van der Waals surface area contributed by atoms with Crippen molar-refractivity contribution >= 4 is 11.7 Å². The second-order valence-electron chi connectivity index (χ2n) is 5.40. The number of para-hydroxylation sites is 2. The molecule has 0 spiro atoms. The normalized spacial score (nSPS) is 11.8. The van der Waals surface area contributed by atoms with Crippen LogP contribution in [0.4, 0.5) is 19.3 Å². The third-order valence-electron chi connectivity index (χ3n) is 3.44. The first-order valence-electron chi connectivity index (χ1n) is 7.70. The topological polar surface area (TPSA) is 50.4 Å². The summed E-state index contributed by atoms with van der Waals surface area (Å²) in [7, 11) is 0. The number of benzene rings is 2. The first kappa shape index (κ1) is 17.7. The number of nitrogens with one attached hydrogen (secondary N) is 2. The summed E-state index contributed by atoms with van der Waals surface area (Å²) in [6.07, 6.45) is 1.61. The lowest BCUT2D eigenvalue weighted by Gasteiger charge is -2.16. The summed E-state index contributed by atoms with van der Waals surface area (Å²) in [5.41, 5.74) is 1.40. The number of amides is 2. The van der Waals surface area contributed by atoms with Gasteiger partial charge in [-0.05, 0) is 37.5 Å². The highest BCUT2D eigenvalue weighted by atomic mass is 19.3. The summed E-state index contributed by atoms with van der Waals surface area (Å²) < 4.78 is 29.1. The number of ether oxygens (including phenoxy) is 1. The number of rotatable bonds is 7. The molecule has 4 nitrogen and oxygen atoms in total. The van der Waals surface area contributed by atoms with Gasteiger partial charge in [-0.15, -0.1) is 0 Å². The van der Waals surface area contributed by atoms with Crippen LogP contribution in [-0.2, 0) is 6.42 Å². The predicted molar refractivity (Wildman–Crippen MR) is 89.5 cm³/mol. The Hall–Kier alpha value is -2.63. The van der Waals surface area contributed by atoms with Crippen LogP contribution < -0.4 is 15.4 Å². The molecule has 2 aromatic carbocycles. The number of halogens is 2. The molecule has 0 aliphatic rings. The number of carbonyl (C=O) groups excluding carboxylic acids is 1. The van der Waals surface area contributed by atoms with E-state index in [1.165, 1.54) is 17.7 Å². The molecule has 2 rings (SSSR count). The standard InChI is InChI=1S/C18H20F2N2O2/c1-13(11-12-14-7-3-2-4-8-14)21-18(23)22-15-9-5-6-10-16(15)24-17(19)20/h2-10,13,17H,11-12H2,1H3,(H2,21,22,23). The molecule has 0 saturated heterocycles. The first-order chi connectivity index (χ1) is 11.5. The fourth-order valence-electron chi connectivity index (χ4n) is 2.25. The van der Waals surface area contributed by atoms with Crippen molar-refractivity contribution in [2.75, 3.05) is 5.32 Å². The summed E-state index contributed by atoms with van der Waals surface area (Å²) in [4.78, 5) is 12.0. The SMILES string of the molecule is CC(CCc1ccccc1)NC(=O)Nc1ccccc1OC(F)F. The minimum atomic E-state index is -2.94. The minimum Gasteiger partial charge on any atom is -0.433 e. The molecule has 1 unspecified atom stereocenters. The Balaban J connectivity index is 1.84. The van der Waals surface area contributed by atoms with Gasteiger partial charge >= 0.3 is 12.6 Å². The molecule has 128 valence electrons. The molecule has 2 amide bonds. The lowest BCUT2D eigenvalue weighted by molar-refractivity contribution is -0.0493. The lowest BCUT2D eigenvalue weighted by atomic mass is 10.1. The van der Waals surface area contributed by atoms with Crippen molar-refractivity contribution in [3.05, 3.63) is 60.2 Å². The number of aryl methyl sites for hydroxylation is 1. The van der Waals surface area contributed by atoms with Crippen molar-refractivity contribution in [3.8, 4) is 5.75 Å². The number of urea groups is 1. The summed E-state index contributed by atoms with van der Waals surface area (Å²) >= 11 is 0. The molecule has 0 aromatic heterocycles. The zero-order valence-electron chi connectivity index (χ0n) is 13.3. The van der Waals surface area contributed by atoms with E-state index in [9.17, 15) is 13.6 Å². The van der Waals surface area contributed by atoms with Gasteiger partial charge < -0.3 is 15.4 Å². The van der Waals surface area contributed by atoms with Gasteiger partial charge in [0.1, 0.15) is 5.75 Å². The third kappa shape index (κ3) is 5.87. The number of alkyl halides is 2. The zero-order valence-corrected chi connectivity index (χ0v) is 13.3. The van der Waals surface area contributed by atoms with Gasteiger partial charge in [0.2, 0.25) is 0 Å². The second kappa shape index (κ2) is 8.86. The summed E-state index contributed by atoms with van der Waals surface area (Å²) in [5.74, 6) is -0.0698. The van der Waals surface area contributed by atoms with Crippen LogP contribution in [0.1, 0.15) is 18.9 Å². The van der Waals surface area contributed by atoms with Crippen LogP contribution in [0.25, 0.3) is 0 Å². The van der Waals surface area contributed by atoms with Gasteiger partial charge in [0.05, 0.1) is 5.69 Å². The fraction of sp³-hybridized carbons (Fsp3) is 0.278. The molecule has 0 fully saturated rings. The van der Waals surface area contributed by atoms with Crippen molar-refractivity contribution in [2.24, 2.45) is 0 Å². The molecule has 2 N–H and O–H groups in total. The van der Waals surface area contributed by atoms with E-state index in [0.717, 1.165) is 12.8 Å². The van der Waals surface area contributed by atoms with E-state index >= 15 is 0 Å².